The lowest BCUT2D eigenvalue weighted by Crippen LogP contribution is -2.59. The summed E-state index contributed by atoms with van der Waals surface area (Å²) in [7, 11) is 0. The fraction of sp³-hybridized carbons (Fsp3) is 0.702. The number of hydrogen-bond acceptors (Lipinski definition) is 10. The number of carbonyl (C=O) groups is 2. The van der Waals surface area contributed by atoms with Crippen molar-refractivity contribution in [3.8, 4) is 0 Å². The molecule has 10 heteroatoms. The molecule has 1 aliphatic heterocycles. The van der Waals surface area contributed by atoms with Crippen molar-refractivity contribution in [2.75, 3.05) is 19.8 Å². The molecule has 0 aromatic heterocycles. The Bertz CT molecular complexity index is 1160. The van der Waals surface area contributed by atoms with E-state index >= 15 is 0 Å². The van der Waals surface area contributed by atoms with E-state index in [1.54, 1.807) is 0 Å². The van der Waals surface area contributed by atoms with E-state index < -0.39 is 55.4 Å². The molecule has 1 aliphatic rings. The lowest BCUT2D eigenvalue weighted by atomic mass is 9.99. The fourth-order valence-electron chi connectivity index (χ4n) is 6.09. The molecule has 0 bridgehead atoms. The normalized spacial score (nSPS) is 21.0. The minimum Gasteiger partial charge on any atom is -0.462 e. The molecule has 0 aromatic carbocycles. The van der Waals surface area contributed by atoms with E-state index in [9.17, 15) is 30.0 Å². The van der Waals surface area contributed by atoms with E-state index in [1.165, 1.54) is 57.8 Å². The van der Waals surface area contributed by atoms with E-state index in [1.807, 2.05) is 6.08 Å². The Kier molecular flexibility index (Phi) is 34.2. The van der Waals surface area contributed by atoms with Gasteiger partial charge in [-0.3, -0.25) is 9.59 Å². The maximum absolute atomic E-state index is 12.8. The molecule has 6 atom stereocenters. The average Bonchev–Trinajstić information content (AvgIpc) is 3.21. The lowest BCUT2D eigenvalue weighted by Gasteiger charge is -2.39. The standard InChI is InChI=1S/C47H78O10/c1-3-5-7-9-11-13-15-17-19-20-22-23-25-27-29-31-33-35-42(49)54-38-40(39-55-47-46(53)45(52)44(51)41(37-48)57-47)56-43(50)36-34-32-30-28-26-24-21-18-16-14-12-10-8-6-4-2/h5,7,10-13,17,19,22-23,27,29,40-41,44-48,51-53H,3-4,6,8-9,14-16,18,20-21,24-26,28,30-39H2,1-2H3/b7-5+,12-10+,13-11+,19-17+,23-22+,29-27+/t40-,41-,44+,45?,46?,47-/m0/s1. The van der Waals surface area contributed by atoms with Crippen LogP contribution in [0, 0.1) is 0 Å². The molecule has 57 heavy (non-hydrogen) atoms. The maximum atomic E-state index is 12.8. The second kappa shape index (κ2) is 37.4. The predicted molar refractivity (Wildman–Crippen MR) is 228 cm³/mol. The van der Waals surface area contributed by atoms with Crippen LogP contribution < -0.4 is 0 Å². The summed E-state index contributed by atoms with van der Waals surface area (Å²) in [6.45, 7) is 3.20. The second-order valence-electron chi connectivity index (χ2n) is 14.8. The second-order valence-corrected chi connectivity index (χ2v) is 14.8. The first-order valence-electron chi connectivity index (χ1n) is 22.0. The molecule has 0 saturated carbocycles. The summed E-state index contributed by atoms with van der Waals surface area (Å²) in [5.41, 5.74) is 0. The zero-order valence-corrected chi connectivity index (χ0v) is 35.3. The number of rotatable bonds is 35. The summed E-state index contributed by atoms with van der Waals surface area (Å²) in [4.78, 5) is 25.3. The van der Waals surface area contributed by atoms with Gasteiger partial charge in [-0.1, -0.05) is 145 Å². The van der Waals surface area contributed by atoms with Crippen molar-refractivity contribution >= 4 is 11.9 Å². The van der Waals surface area contributed by atoms with Crippen LogP contribution in [0.4, 0.5) is 0 Å². The smallest absolute Gasteiger partial charge is 0.306 e. The van der Waals surface area contributed by atoms with Gasteiger partial charge in [0.1, 0.15) is 31.0 Å². The number of carbonyl (C=O) groups excluding carboxylic acids is 2. The number of hydrogen-bond donors (Lipinski definition) is 4. The first-order valence-corrected chi connectivity index (χ1v) is 22.0. The first kappa shape index (κ1) is 52.2. The Morgan fingerprint density at radius 1 is 0.561 bits per heavy atom. The highest BCUT2D eigenvalue weighted by atomic mass is 16.7. The van der Waals surface area contributed by atoms with Crippen LogP contribution in [0.1, 0.15) is 155 Å². The number of allylic oxidation sites excluding steroid dienone is 12. The van der Waals surface area contributed by atoms with Crippen LogP contribution in [0.3, 0.4) is 0 Å². The molecule has 0 aliphatic carbocycles. The summed E-state index contributed by atoms with van der Waals surface area (Å²) in [5.74, 6) is -0.883. The highest BCUT2D eigenvalue weighted by molar-refractivity contribution is 5.70. The number of unbranched alkanes of at least 4 members (excludes halogenated alkanes) is 12. The molecule has 0 spiro atoms. The van der Waals surface area contributed by atoms with Crippen LogP contribution in [-0.4, -0.2) is 89.0 Å². The van der Waals surface area contributed by atoms with Gasteiger partial charge >= 0.3 is 11.9 Å². The third kappa shape index (κ3) is 29.1. The fourth-order valence-corrected chi connectivity index (χ4v) is 6.09. The topological polar surface area (TPSA) is 152 Å². The van der Waals surface area contributed by atoms with Crippen molar-refractivity contribution in [2.45, 2.75) is 192 Å². The van der Waals surface area contributed by atoms with Gasteiger partial charge in [-0.15, -0.1) is 0 Å². The third-order valence-electron chi connectivity index (χ3n) is 9.58. The summed E-state index contributed by atoms with van der Waals surface area (Å²) >= 11 is 0. The van der Waals surface area contributed by atoms with E-state index in [4.69, 9.17) is 18.9 Å². The molecular weight excluding hydrogens is 725 g/mol. The summed E-state index contributed by atoms with van der Waals surface area (Å²) < 4.78 is 22.1. The molecule has 1 saturated heterocycles. The Labute approximate surface area is 344 Å². The van der Waals surface area contributed by atoms with Gasteiger partial charge in [-0.25, -0.2) is 0 Å². The molecule has 0 radical (unpaired) electrons. The van der Waals surface area contributed by atoms with Crippen molar-refractivity contribution in [3.05, 3.63) is 72.9 Å². The molecule has 1 heterocycles. The highest BCUT2D eigenvalue weighted by Crippen LogP contribution is 2.22. The molecular formula is C47H78O10. The zero-order chi connectivity index (χ0) is 41.6. The van der Waals surface area contributed by atoms with Gasteiger partial charge in [0, 0.05) is 12.8 Å². The molecule has 4 N–H and O–H groups in total. The number of ether oxygens (including phenoxy) is 4. The summed E-state index contributed by atoms with van der Waals surface area (Å²) in [5, 5.41) is 40.0. The van der Waals surface area contributed by atoms with Gasteiger partial charge in [-0.2, -0.15) is 0 Å². The number of aliphatic hydroxyl groups excluding tert-OH is 4. The van der Waals surface area contributed by atoms with Crippen molar-refractivity contribution in [2.24, 2.45) is 0 Å². The summed E-state index contributed by atoms with van der Waals surface area (Å²) in [6.07, 6.45) is 39.1. The largest absolute Gasteiger partial charge is 0.462 e. The number of aliphatic hydroxyl groups is 4. The van der Waals surface area contributed by atoms with Crippen LogP contribution in [-0.2, 0) is 28.5 Å². The minimum atomic E-state index is -1.61. The minimum absolute atomic E-state index is 0.193. The zero-order valence-electron chi connectivity index (χ0n) is 35.3. The lowest BCUT2D eigenvalue weighted by molar-refractivity contribution is -0.305. The van der Waals surface area contributed by atoms with E-state index in [2.05, 4.69) is 80.7 Å². The Balaban J connectivity index is 2.39. The monoisotopic (exact) mass is 803 g/mol. The number of esters is 2. The van der Waals surface area contributed by atoms with Crippen molar-refractivity contribution in [1.82, 2.24) is 0 Å². The molecule has 1 fully saturated rings. The van der Waals surface area contributed by atoms with E-state index in [0.717, 1.165) is 57.8 Å². The third-order valence-corrected chi connectivity index (χ3v) is 9.58. The van der Waals surface area contributed by atoms with Gasteiger partial charge in [-0.05, 0) is 70.6 Å². The first-order chi connectivity index (χ1) is 27.8. The SMILES string of the molecule is CC/C=C/C/C=C/C/C=C/C/C=C/C/C=C/CCCC(=O)OC[C@@H](CO[C@H]1O[C@@H](CO)[C@@H](O)C(O)C1O)OC(=O)CCCCCCCCCCC/C=C/CCCC. The van der Waals surface area contributed by atoms with Gasteiger partial charge in [0.2, 0.25) is 0 Å². The van der Waals surface area contributed by atoms with Crippen LogP contribution in [0.5, 0.6) is 0 Å². The predicted octanol–water partition coefficient (Wildman–Crippen LogP) is 9.22. The molecule has 0 aromatic rings. The van der Waals surface area contributed by atoms with Crippen molar-refractivity contribution < 1.29 is 49.0 Å². The molecule has 1 rings (SSSR count). The van der Waals surface area contributed by atoms with Crippen LogP contribution in [0.25, 0.3) is 0 Å². The van der Waals surface area contributed by atoms with Gasteiger partial charge in [0.05, 0.1) is 13.2 Å². The molecule has 2 unspecified atom stereocenters. The summed E-state index contributed by atoms with van der Waals surface area (Å²) in [6, 6.07) is 0. The Hall–Kier alpha value is -2.86. The molecule has 326 valence electrons. The van der Waals surface area contributed by atoms with Gasteiger partial charge in [0.15, 0.2) is 12.4 Å². The Morgan fingerprint density at radius 2 is 1.05 bits per heavy atom. The van der Waals surface area contributed by atoms with Gasteiger partial charge < -0.3 is 39.4 Å². The maximum Gasteiger partial charge on any atom is 0.306 e. The van der Waals surface area contributed by atoms with E-state index in [-0.39, 0.29) is 26.1 Å². The van der Waals surface area contributed by atoms with Crippen LogP contribution >= 0.6 is 0 Å². The highest BCUT2D eigenvalue weighted by Gasteiger charge is 2.44. The average molecular weight is 803 g/mol. The van der Waals surface area contributed by atoms with Crippen molar-refractivity contribution in [1.29, 1.82) is 0 Å². The molecule has 10 nitrogen and oxygen atoms in total. The molecule has 0 amide bonds. The van der Waals surface area contributed by atoms with Crippen molar-refractivity contribution in [3.63, 3.8) is 0 Å². The Morgan fingerprint density at radius 3 is 1.63 bits per heavy atom. The van der Waals surface area contributed by atoms with Crippen LogP contribution in [0.2, 0.25) is 0 Å². The van der Waals surface area contributed by atoms with E-state index in [0.29, 0.717) is 12.8 Å². The quantitative estimate of drug-likeness (QED) is 0.0277. The van der Waals surface area contributed by atoms with Gasteiger partial charge in [0.25, 0.3) is 0 Å². The van der Waals surface area contributed by atoms with Crippen LogP contribution in [0.15, 0.2) is 72.9 Å².